The van der Waals surface area contributed by atoms with Gasteiger partial charge in [-0.3, -0.25) is 4.90 Å². The van der Waals surface area contributed by atoms with E-state index in [1.54, 1.807) is 51.4 Å². The lowest BCUT2D eigenvalue weighted by atomic mass is 9.94. The summed E-state index contributed by atoms with van der Waals surface area (Å²) in [5.41, 5.74) is 4.16. The summed E-state index contributed by atoms with van der Waals surface area (Å²) in [6.07, 6.45) is -3.51. The average Bonchev–Trinajstić information content (AvgIpc) is 3.79. The van der Waals surface area contributed by atoms with Gasteiger partial charge in [0.15, 0.2) is 0 Å². The number of fused-ring (bicyclic) bond motifs is 2. The van der Waals surface area contributed by atoms with Crippen LogP contribution in [0.25, 0.3) is 22.3 Å². The number of hydrogen-bond donors (Lipinski definition) is 1. The van der Waals surface area contributed by atoms with Gasteiger partial charge in [0.05, 0.1) is 55.3 Å². The third kappa shape index (κ3) is 6.10. The summed E-state index contributed by atoms with van der Waals surface area (Å²) in [5, 5.41) is 9.47. The lowest BCUT2D eigenvalue weighted by Crippen LogP contribution is -2.38. The van der Waals surface area contributed by atoms with E-state index in [9.17, 15) is 27.9 Å². The highest BCUT2D eigenvalue weighted by molar-refractivity contribution is 5.89. The Kier molecular flexibility index (Phi) is 8.41. The van der Waals surface area contributed by atoms with Gasteiger partial charge in [-0.25, -0.2) is 19.6 Å². The second-order valence-electron chi connectivity index (χ2n) is 13.1. The van der Waals surface area contributed by atoms with Gasteiger partial charge >= 0.3 is 18.2 Å². The van der Waals surface area contributed by atoms with E-state index in [-0.39, 0.29) is 29.8 Å². The molecule has 4 aromatic rings. The number of benzene rings is 3. The number of carboxylic acid groups (broad SMARTS) is 1. The number of nitrogens with zero attached hydrogens (tertiary/aromatic N) is 4. The molecule has 4 heterocycles. The molecule has 0 radical (unpaired) electrons. The van der Waals surface area contributed by atoms with Crippen LogP contribution in [-0.4, -0.2) is 70.5 Å². The molecule has 7 rings (SSSR count). The number of aromatic carboxylic acids is 1. The minimum absolute atomic E-state index is 0.0164. The van der Waals surface area contributed by atoms with Gasteiger partial charge in [-0.2, -0.15) is 13.2 Å². The predicted molar refractivity (Wildman–Crippen MR) is 177 cm³/mol. The van der Waals surface area contributed by atoms with E-state index in [1.807, 2.05) is 25.1 Å². The second kappa shape index (κ2) is 12.6. The number of amides is 1. The molecule has 0 aliphatic carbocycles. The standard InChI is InChI=1S/C37H35F3N4O6/c1-19-9-24(12-25(10-19)37(38,39)40)33-21(3)43(36(47)50-33)17-31-30(15-41-35(42-31)44-16-27-14-26(44)18-49-27)29-13-22(6-8-32(29)48-4)28-7-5-23(34(45)46)11-20(28)2/h5-13,15,21,26-27,33H,14,16-18H2,1-4H3,(H,45,46)/t21-,26?,27?,33-/m0/s1. The summed E-state index contributed by atoms with van der Waals surface area (Å²) in [7, 11) is 1.54. The van der Waals surface area contributed by atoms with Crippen molar-refractivity contribution in [2.24, 2.45) is 0 Å². The number of aromatic nitrogens is 2. The molecular weight excluding hydrogens is 653 g/mol. The van der Waals surface area contributed by atoms with Gasteiger partial charge in [0.2, 0.25) is 5.95 Å². The summed E-state index contributed by atoms with van der Waals surface area (Å²) in [4.78, 5) is 38.4. The number of carbonyl (C=O) groups excluding carboxylic acids is 1. The topological polar surface area (TPSA) is 114 Å². The molecule has 4 atom stereocenters. The number of anilines is 1. The Bertz CT molecular complexity index is 2000. The van der Waals surface area contributed by atoms with E-state index in [0.717, 1.165) is 35.2 Å². The number of rotatable bonds is 8. The fraction of sp³-hybridized carbons (Fsp3) is 0.351. The normalized spacial score (nSPS) is 21.5. The maximum absolute atomic E-state index is 13.7. The van der Waals surface area contributed by atoms with E-state index in [2.05, 4.69) is 4.90 Å². The summed E-state index contributed by atoms with van der Waals surface area (Å²) in [5.74, 6) is -0.0102. The van der Waals surface area contributed by atoms with Crippen LogP contribution in [0.15, 0.2) is 60.8 Å². The van der Waals surface area contributed by atoms with Crippen molar-refractivity contribution in [3.8, 4) is 28.0 Å². The summed E-state index contributed by atoms with van der Waals surface area (Å²) in [6.45, 7) is 6.34. The number of halogens is 3. The number of hydrogen-bond acceptors (Lipinski definition) is 8. The number of morpholine rings is 1. The zero-order valence-electron chi connectivity index (χ0n) is 27.8. The van der Waals surface area contributed by atoms with Crippen LogP contribution in [0.4, 0.5) is 23.9 Å². The molecule has 3 aliphatic heterocycles. The molecule has 2 unspecified atom stereocenters. The molecule has 50 heavy (non-hydrogen) atoms. The van der Waals surface area contributed by atoms with Gasteiger partial charge in [-0.05, 0) is 85.8 Å². The first-order valence-corrected chi connectivity index (χ1v) is 16.2. The van der Waals surface area contributed by atoms with Crippen LogP contribution in [-0.2, 0) is 22.2 Å². The van der Waals surface area contributed by atoms with Crippen molar-refractivity contribution in [2.45, 2.75) is 64.2 Å². The van der Waals surface area contributed by atoms with Crippen LogP contribution < -0.4 is 9.64 Å². The average molecular weight is 689 g/mol. The lowest BCUT2D eigenvalue weighted by Gasteiger charge is -2.28. The minimum Gasteiger partial charge on any atom is -0.496 e. The Balaban J connectivity index is 1.29. The molecule has 260 valence electrons. The second-order valence-corrected chi connectivity index (χ2v) is 13.1. The first-order valence-electron chi connectivity index (χ1n) is 16.2. The van der Waals surface area contributed by atoms with Crippen molar-refractivity contribution in [3.05, 3.63) is 94.3 Å². The number of alkyl halides is 3. The van der Waals surface area contributed by atoms with E-state index in [1.165, 1.54) is 4.90 Å². The zero-order chi connectivity index (χ0) is 35.5. The number of ether oxygens (including phenoxy) is 3. The molecule has 3 aliphatic rings. The van der Waals surface area contributed by atoms with E-state index in [0.29, 0.717) is 47.2 Å². The first-order chi connectivity index (χ1) is 23.8. The molecule has 13 heteroatoms. The SMILES string of the molecule is COc1ccc(-c2ccc(C(=O)O)cc2C)cc1-c1cnc(N2CC3CC2CO3)nc1CN1C(=O)O[C@H](c2cc(C)cc(C(F)(F)F)c2)[C@@H]1C. The molecule has 0 spiro atoms. The molecule has 1 amide bonds. The van der Waals surface area contributed by atoms with Crippen molar-refractivity contribution in [3.63, 3.8) is 0 Å². The zero-order valence-corrected chi connectivity index (χ0v) is 27.8. The smallest absolute Gasteiger partial charge is 0.416 e. The van der Waals surface area contributed by atoms with Gasteiger partial charge in [0.1, 0.15) is 11.9 Å². The van der Waals surface area contributed by atoms with Gasteiger partial charge in [0.25, 0.3) is 0 Å². The van der Waals surface area contributed by atoms with Crippen LogP contribution in [0, 0.1) is 13.8 Å². The molecule has 1 aromatic heterocycles. The van der Waals surface area contributed by atoms with Crippen molar-refractivity contribution in [2.75, 3.05) is 25.2 Å². The van der Waals surface area contributed by atoms with Crippen molar-refractivity contribution in [1.29, 1.82) is 0 Å². The largest absolute Gasteiger partial charge is 0.496 e. The van der Waals surface area contributed by atoms with Gasteiger partial charge in [0, 0.05) is 23.9 Å². The van der Waals surface area contributed by atoms with Crippen LogP contribution in [0.3, 0.4) is 0 Å². The van der Waals surface area contributed by atoms with Crippen molar-refractivity contribution >= 4 is 18.0 Å². The van der Waals surface area contributed by atoms with Gasteiger partial charge in [-0.1, -0.05) is 23.8 Å². The number of carboxylic acids is 1. The molecule has 2 bridgehead atoms. The minimum atomic E-state index is -4.55. The van der Waals surface area contributed by atoms with Crippen LogP contribution in [0.1, 0.15) is 57.8 Å². The third-order valence-corrected chi connectivity index (χ3v) is 9.75. The first kappa shape index (κ1) is 33.3. The number of carbonyl (C=O) groups is 2. The quantitative estimate of drug-likeness (QED) is 0.205. The highest BCUT2D eigenvalue weighted by atomic mass is 19.4. The maximum atomic E-state index is 13.7. The molecule has 3 saturated heterocycles. The Hall–Kier alpha value is -5.17. The third-order valence-electron chi connectivity index (χ3n) is 9.75. The number of aryl methyl sites for hydroxylation is 2. The molecule has 1 N–H and O–H groups in total. The Labute approximate surface area is 286 Å². The van der Waals surface area contributed by atoms with Crippen LogP contribution in [0.5, 0.6) is 5.75 Å². The fourth-order valence-corrected chi connectivity index (χ4v) is 7.20. The monoisotopic (exact) mass is 688 g/mol. The van der Waals surface area contributed by atoms with Crippen LogP contribution in [0.2, 0.25) is 0 Å². The Morgan fingerprint density at radius 1 is 1.06 bits per heavy atom. The molecule has 3 fully saturated rings. The molecule has 3 aromatic carbocycles. The highest BCUT2D eigenvalue weighted by Gasteiger charge is 2.43. The number of cyclic esters (lactones) is 1. The summed E-state index contributed by atoms with van der Waals surface area (Å²) < 4.78 is 58.4. The molecule has 0 saturated carbocycles. The van der Waals surface area contributed by atoms with Crippen LogP contribution >= 0.6 is 0 Å². The Morgan fingerprint density at radius 3 is 2.52 bits per heavy atom. The van der Waals surface area contributed by atoms with Crippen molar-refractivity contribution < 1.29 is 42.1 Å². The highest BCUT2D eigenvalue weighted by Crippen LogP contribution is 2.41. The molecular formula is C37H35F3N4O6. The van der Waals surface area contributed by atoms with Gasteiger partial charge < -0.3 is 24.2 Å². The maximum Gasteiger partial charge on any atom is 0.416 e. The lowest BCUT2D eigenvalue weighted by molar-refractivity contribution is -0.137. The Morgan fingerprint density at radius 2 is 1.86 bits per heavy atom. The number of methoxy groups -OCH3 is 1. The van der Waals surface area contributed by atoms with E-state index < -0.39 is 35.9 Å². The van der Waals surface area contributed by atoms with E-state index >= 15 is 0 Å². The molecule has 10 nitrogen and oxygen atoms in total. The summed E-state index contributed by atoms with van der Waals surface area (Å²) >= 11 is 0. The summed E-state index contributed by atoms with van der Waals surface area (Å²) in [6, 6.07) is 13.7. The van der Waals surface area contributed by atoms with E-state index in [4.69, 9.17) is 24.2 Å². The van der Waals surface area contributed by atoms with Crippen molar-refractivity contribution in [1.82, 2.24) is 14.9 Å². The predicted octanol–water partition coefficient (Wildman–Crippen LogP) is 7.21. The fourth-order valence-electron chi connectivity index (χ4n) is 7.20. The van der Waals surface area contributed by atoms with Gasteiger partial charge in [-0.15, -0.1) is 0 Å².